The van der Waals surface area contributed by atoms with Crippen molar-refractivity contribution in [2.75, 3.05) is 46.7 Å². The van der Waals surface area contributed by atoms with E-state index in [0.29, 0.717) is 10.8 Å². The van der Waals surface area contributed by atoms with Gasteiger partial charge >= 0.3 is 0 Å². The van der Waals surface area contributed by atoms with Gasteiger partial charge in [-0.15, -0.1) is 0 Å². The summed E-state index contributed by atoms with van der Waals surface area (Å²) in [4.78, 5) is 2.10. The third-order valence-electron chi connectivity index (χ3n) is 2.35. The smallest absolute Gasteiger partial charge is 0.143 e. The van der Waals surface area contributed by atoms with Crippen LogP contribution in [0.5, 0.6) is 11.5 Å². The van der Waals surface area contributed by atoms with E-state index in [0.717, 1.165) is 24.5 Å². The standard InChI is InChI=1S/C12H19ClN2O2/c1-15(2)6-5-14-10-8-11(16-3)9(13)7-12(10)17-4/h7-8,14H,5-6H2,1-4H3. The number of nitrogens with zero attached hydrogens (tertiary/aromatic N) is 1. The zero-order valence-electron chi connectivity index (χ0n) is 10.7. The normalized spacial score (nSPS) is 10.5. The second-order valence-corrected chi connectivity index (χ2v) is 4.32. The van der Waals surface area contributed by atoms with Gasteiger partial charge in [0.05, 0.1) is 24.9 Å². The van der Waals surface area contributed by atoms with Crippen molar-refractivity contribution in [1.82, 2.24) is 4.90 Å². The van der Waals surface area contributed by atoms with E-state index in [1.54, 1.807) is 20.3 Å². The predicted molar refractivity (Wildman–Crippen MR) is 71.6 cm³/mol. The molecule has 0 aromatic heterocycles. The Morgan fingerprint density at radius 2 is 1.82 bits per heavy atom. The van der Waals surface area contributed by atoms with Crippen molar-refractivity contribution in [2.45, 2.75) is 0 Å². The molecule has 0 bridgehead atoms. The van der Waals surface area contributed by atoms with Crippen molar-refractivity contribution in [2.24, 2.45) is 0 Å². The molecular weight excluding hydrogens is 240 g/mol. The molecule has 17 heavy (non-hydrogen) atoms. The molecule has 1 rings (SSSR count). The summed E-state index contributed by atoms with van der Waals surface area (Å²) in [5, 5.41) is 3.84. The van der Waals surface area contributed by atoms with Crippen LogP contribution in [-0.4, -0.2) is 46.3 Å². The highest BCUT2D eigenvalue weighted by atomic mass is 35.5. The largest absolute Gasteiger partial charge is 0.495 e. The van der Waals surface area contributed by atoms with Crippen molar-refractivity contribution in [3.63, 3.8) is 0 Å². The Morgan fingerprint density at radius 3 is 2.35 bits per heavy atom. The van der Waals surface area contributed by atoms with Gasteiger partial charge in [0.1, 0.15) is 11.5 Å². The maximum Gasteiger partial charge on any atom is 0.143 e. The molecular formula is C12H19ClN2O2. The van der Waals surface area contributed by atoms with E-state index in [2.05, 4.69) is 10.2 Å². The number of hydrogen-bond acceptors (Lipinski definition) is 4. The van der Waals surface area contributed by atoms with E-state index < -0.39 is 0 Å². The molecule has 5 heteroatoms. The summed E-state index contributed by atoms with van der Waals surface area (Å²) in [7, 11) is 7.27. The highest BCUT2D eigenvalue weighted by Gasteiger charge is 2.09. The first-order valence-corrected chi connectivity index (χ1v) is 5.76. The van der Waals surface area contributed by atoms with Gasteiger partial charge in [-0.3, -0.25) is 0 Å². The molecule has 0 saturated carbocycles. The van der Waals surface area contributed by atoms with Crippen molar-refractivity contribution in [1.29, 1.82) is 0 Å². The van der Waals surface area contributed by atoms with E-state index in [4.69, 9.17) is 21.1 Å². The zero-order valence-corrected chi connectivity index (χ0v) is 11.5. The molecule has 0 amide bonds. The van der Waals surface area contributed by atoms with Crippen LogP contribution < -0.4 is 14.8 Å². The van der Waals surface area contributed by atoms with E-state index in [1.807, 2.05) is 20.2 Å². The minimum Gasteiger partial charge on any atom is -0.495 e. The molecule has 1 N–H and O–H groups in total. The Kier molecular flexibility index (Phi) is 5.38. The van der Waals surface area contributed by atoms with Crippen LogP contribution in [0.25, 0.3) is 0 Å². The van der Waals surface area contributed by atoms with Crippen molar-refractivity contribution in [3.8, 4) is 11.5 Å². The topological polar surface area (TPSA) is 33.7 Å². The summed E-state index contributed by atoms with van der Waals surface area (Å²) in [5.41, 5.74) is 0.885. The van der Waals surface area contributed by atoms with Crippen LogP contribution in [0.3, 0.4) is 0 Å². The molecule has 1 aromatic carbocycles. The van der Waals surface area contributed by atoms with Crippen molar-refractivity contribution in [3.05, 3.63) is 17.2 Å². The van der Waals surface area contributed by atoms with Gasteiger partial charge in [0.25, 0.3) is 0 Å². The molecule has 4 nitrogen and oxygen atoms in total. The second-order valence-electron chi connectivity index (χ2n) is 3.92. The predicted octanol–water partition coefficient (Wildman–Crippen LogP) is 2.33. The molecule has 0 spiro atoms. The van der Waals surface area contributed by atoms with Gasteiger partial charge < -0.3 is 19.7 Å². The summed E-state index contributed by atoms with van der Waals surface area (Å²) in [6.45, 7) is 1.77. The molecule has 1 aromatic rings. The fraction of sp³-hybridized carbons (Fsp3) is 0.500. The summed E-state index contributed by atoms with van der Waals surface area (Å²) < 4.78 is 10.4. The minimum absolute atomic E-state index is 0.544. The Morgan fingerprint density at radius 1 is 1.18 bits per heavy atom. The fourth-order valence-electron chi connectivity index (χ4n) is 1.41. The molecule has 0 saturated heterocycles. The molecule has 0 unspecified atom stereocenters. The highest BCUT2D eigenvalue weighted by Crippen LogP contribution is 2.35. The first kappa shape index (κ1) is 13.9. The lowest BCUT2D eigenvalue weighted by atomic mass is 10.2. The van der Waals surface area contributed by atoms with Crippen LogP contribution in [0, 0.1) is 0 Å². The van der Waals surface area contributed by atoms with Gasteiger partial charge in [0.15, 0.2) is 0 Å². The second kappa shape index (κ2) is 6.57. The quantitative estimate of drug-likeness (QED) is 0.849. The van der Waals surface area contributed by atoms with Crippen LogP contribution in [0.1, 0.15) is 0 Å². The lowest BCUT2D eigenvalue weighted by Gasteiger charge is -2.15. The number of rotatable bonds is 6. The summed E-state index contributed by atoms with van der Waals surface area (Å²) in [6, 6.07) is 3.59. The summed E-state index contributed by atoms with van der Waals surface area (Å²) in [6.07, 6.45) is 0. The minimum atomic E-state index is 0.544. The number of methoxy groups -OCH3 is 2. The third kappa shape index (κ3) is 3.98. The molecule has 96 valence electrons. The van der Waals surface area contributed by atoms with Gasteiger partial charge in [0, 0.05) is 25.2 Å². The maximum absolute atomic E-state index is 6.02. The Hall–Kier alpha value is -1.13. The number of anilines is 1. The maximum atomic E-state index is 6.02. The molecule has 0 atom stereocenters. The molecule has 0 radical (unpaired) electrons. The van der Waals surface area contributed by atoms with Crippen LogP contribution in [0.4, 0.5) is 5.69 Å². The number of likely N-dealkylation sites (N-methyl/N-ethyl adjacent to an activating group) is 1. The Labute approximate surface area is 107 Å². The highest BCUT2D eigenvalue weighted by molar-refractivity contribution is 6.32. The van der Waals surface area contributed by atoms with E-state index >= 15 is 0 Å². The van der Waals surface area contributed by atoms with Gasteiger partial charge in [-0.25, -0.2) is 0 Å². The zero-order chi connectivity index (χ0) is 12.8. The van der Waals surface area contributed by atoms with E-state index in [-0.39, 0.29) is 0 Å². The fourth-order valence-corrected chi connectivity index (χ4v) is 1.64. The number of benzene rings is 1. The lowest BCUT2D eigenvalue weighted by Crippen LogP contribution is -2.21. The van der Waals surface area contributed by atoms with Gasteiger partial charge in [-0.1, -0.05) is 11.6 Å². The van der Waals surface area contributed by atoms with E-state index in [1.165, 1.54) is 0 Å². The van der Waals surface area contributed by atoms with Crippen molar-refractivity contribution >= 4 is 17.3 Å². The number of ether oxygens (including phenoxy) is 2. The number of nitrogens with one attached hydrogen (secondary N) is 1. The molecule has 0 heterocycles. The van der Waals surface area contributed by atoms with Gasteiger partial charge in [-0.05, 0) is 14.1 Å². The summed E-state index contributed by atoms with van der Waals surface area (Å²) in [5.74, 6) is 1.36. The van der Waals surface area contributed by atoms with Crippen LogP contribution in [0.15, 0.2) is 12.1 Å². The van der Waals surface area contributed by atoms with Gasteiger partial charge in [0.2, 0.25) is 0 Å². The molecule has 0 fully saturated rings. The van der Waals surface area contributed by atoms with Crippen LogP contribution in [0.2, 0.25) is 5.02 Å². The first-order valence-electron chi connectivity index (χ1n) is 5.38. The van der Waals surface area contributed by atoms with Crippen LogP contribution in [-0.2, 0) is 0 Å². The average Bonchev–Trinajstić information content (AvgIpc) is 2.30. The SMILES string of the molecule is COc1cc(NCCN(C)C)c(OC)cc1Cl. The monoisotopic (exact) mass is 258 g/mol. The number of halogens is 1. The molecule has 0 aliphatic heterocycles. The third-order valence-corrected chi connectivity index (χ3v) is 2.64. The van der Waals surface area contributed by atoms with E-state index in [9.17, 15) is 0 Å². The van der Waals surface area contributed by atoms with Crippen molar-refractivity contribution < 1.29 is 9.47 Å². The van der Waals surface area contributed by atoms with Crippen LogP contribution >= 0.6 is 11.6 Å². The first-order chi connectivity index (χ1) is 8.08. The lowest BCUT2D eigenvalue weighted by molar-refractivity contribution is 0.403. The Bertz CT molecular complexity index is 370. The molecule has 0 aliphatic carbocycles. The molecule has 0 aliphatic rings. The average molecular weight is 259 g/mol. The summed E-state index contributed by atoms with van der Waals surface area (Å²) >= 11 is 6.02. The Balaban J connectivity index is 2.81. The number of hydrogen-bond donors (Lipinski definition) is 1. The van der Waals surface area contributed by atoms with Gasteiger partial charge in [-0.2, -0.15) is 0 Å².